The number of ether oxygens (including phenoxy) is 5. The van der Waals surface area contributed by atoms with Gasteiger partial charge in [-0.1, -0.05) is 275 Å². The Morgan fingerprint density at radius 2 is 0.723 bits per heavy atom. The molecule has 0 aromatic carbocycles. The maximum absolute atomic E-state index is 13.2. The molecule has 83 heavy (non-hydrogen) atoms. The lowest BCUT2D eigenvalue weighted by Crippen LogP contribution is -2.61. The Balaban J connectivity index is 2.63. The topological polar surface area (TPSA) is 175 Å². The first-order valence-corrected chi connectivity index (χ1v) is 34.6. The predicted molar refractivity (Wildman–Crippen MR) is 340 cm³/mol. The van der Waals surface area contributed by atoms with Gasteiger partial charge < -0.3 is 39.0 Å². The molecule has 0 aliphatic carbocycles. The highest BCUT2D eigenvalue weighted by Gasteiger charge is 2.50. The Morgan fingerprint density at radius 3 is 1.11 bits per heavy atom. The third-order valence-corrected chi connectivity index (χ3v) is 15.9. The van der Waals surface area contributed by atoms with E-state index in [0.717, 1.165) is 109 Å². The van der Waals surface area contributed by atoms with Gasteiger partial charge in [-0.05, 0) is 83.5 Å². The number of aliphatic carboxylic acids is 1. The van der Waals surface area contributed by atoms with E-state index in [1.54, 1.807) is 0 Å². The Morgan fingerprint density at radius 1 is 0.398 bits per heavy atom. The zero-order valence-corrected chi connectivity index (χ0v) is 53.5. The molecule has 0 aromatic rings. The number of carbonyl (C=O) groups excluding carboxylic acids is 3. The molecule has 6 atom stereocenters. The van der Waals surface area contributed by atoms with Crippen LogP contribution in [0.25, 0.3) is 0 Å². The lowest BCUT2D eigenvalue weighted by atomic mass is 9.98. The third-order valence-electron chi connectivity index (χ3n) is 15.9. The van der Waals surface area contributed by atoms with Crippen LogP contribution < -0.4 is 0 Å². The summed E-state index contributed by atoms with van der Waals surface area (Å²) >= 11 is 0. The van der Waals surface area contributed by atoms with Gasteiger partial charge in [0, 0.05) is 19.3 Å². The molecule has 0 spiro atoms. The SMILES string of the molecule is CCCCC/C=C\C/C=C\CCCCCCCCCCCC(=O)OCC(COC1OC(C(=O)O)C(O)C(O)C1OC(=O)CCCCCCCCC/C=C\C/C=C\CCCCC)OC(=O)CCCCCCCCCCCCCCCCCCC. The Bertz CT molecular complexity index is 1630. The van der Waals surface area contributed by atoms with Gasteiger partial charge >= 0.3 is 23.9 Å². The smallest absolute Gasteiger partial charge is 0.335 e. The maximum Gasteiger partial charge on any atom is 0.335 e. The molecule has 0 bridgehead atoms. The van der Waals surface area contributed by atoms with Crippen LogP contribution >= 0.6 is 0 Å². The second-order valence-corrected chi connectivity index (χ2v) is 23.8. The lowest BCUT2D eigenvalue weighted by Gasteiger charge is -2.40. The van der Waals surface area contributed by atoms with Gasteiger partial charge in [-0.15, -0.1) is 0 Å². The summed E-state index contributed by atoms with van der Waals surface area (Å²) in [5, 5.41) is 31.6. The molecule has 1 aliphatic heterocycles. The summed E-state index contributed by atoms with van der Waals surface area (Å²) < 4.78 is 28.6. The summed E-state index contributed by atoms with van der Waals surface area (Å²) in [5.74, 6) is -3.10. The minimum Gasteiger partial charge on any atom is -0.479 e. The summed E-state index contributed by atoms with van der Waals surface area (Å²) in [4.78, 5) is 51.4. The summed E-state index contributed by atoms with van der Waals surface area (Å²) in [5.41, 5.74) is 0. The van der Waals surface area contributed by atoms with E-state index >= 15 is 0 Å². The van der Waals surface area contributed by atoms with Gasteiger partial charge in [-0.2, -0.15) is 0 Å². The second-order valence-electron chi connectivity index (χ2n) is 23.8. The number of carbonyl (C=O) groups is 4. The number of hydrogen-bond donors (Lipinski definition) is 3. The molecule has 0 saturated carbocycles. The average molecular weight is 1170 g/mol. The van der Waals surface area contributed by atoms with Gasteiger partial charge in [0.1, 0.15) is 18.8 Å². The van der Waals surface area contributed by atoms with Crippen LogP contribution in [0.1, 0.15) is 329 Å². The number of carboxylic acid groups (broad SMARTS) is 1. The van der Waals surface area contributed by atoms with Crippen LogP contribution in [0.5, 0.6) is 0 Å². The Kier molecular flexibility index (Phi) is 55.3. The van der Waals surface area contributed by atoms with Crippen LogP contribution in [-0.4, -0.2) is 89.2 Å². The van der Waals surface area contributed by atoms with Crippen LogP contribution in [0.2, 0.25) is 0 Å². The Hall–Kier alpha value is -3.32. The first kappa shape index (κ1) is 77.7. The molecular formula is C71H126O12. The van der Waals surface area contributed by atoms with E-state index in [1.807, 2.05) is 0 Å². The normalized spacial score (nSPS) is 17.8. The number of esters is 3. The van der Waals surface area contributed by atoms with Crippen molar-refractivity contribution < 1.29 is 58.2 Å². The van der Waals surface area contributed by atoms with E-state index in [1.165, 1.54) is 161 Å². The molecule has 1 aliphatic rings. The van der Waals surface area contributed by atoms with Crippen LogP contribution in [0.4, 0.5) is 0 Å². The maximum atomic E-state index is 13.2. The minimum atomic E-state index is -1.91. The first-order valence-electron chi connectivity index (χ1n) is 34.6. The van der Waals surface area contributed by atoms with Crippen molar-refractivity contribution in [3.63, 3.8) is 0 Å². The number of aliphatic hydroxyl groups excluding tert-OH is 2. The zero-order chi connectivity index (χ0) is 60.3. The molecule has 12 heteroatoms. The molecular weight excluding hydrogens is 1040 g/mol. The van der Waals surface area contributed by atoms with E-state index in [2.05, 4.69) is 69.4 Å². The summed E-state index contributed by atoms with van der Waals surface area (Å²) in [6.45, 7) is 6.00. The first-order chi connectivity index (χ1) is 40.6. The fourth-order valence-corrected chi connectivity index (χ4v) is 10.5. The Labute approximate surface area is 507 Å². The molecule has 0 radical (unpaired) electrons. The van der Waals surface area contributed by atoms with Gasteiger partial charge in [0.05, 0.1) is 6.61 Å². The van der Waals surface area contributed by atoms with E-state index in [-0.39, 0.29) is 25.9 Å². The quantitative estimate of drug-likeness (QED) is 0.0228. The molecule has 1 rings (SSSR count). The van der Waals surface area contributed by atoms with Crippen LogP contribution in [0, 0.1) is 0 Å². The highest BCUT2D eigenvalue weighted by Crippen LogP contribution is 2.27. The van der Waals surface area contributed by atoms with Crippen molar-refractivity contribution in [2.45, 2.75) is 366 Å². The van der Waals surface area contributed by atoms with Crippen molar-refractivity contribution in [2.24, 2.45) is 0 Å². The molecule has 6 unspecified atom stereocenters. The van der Waals surface area contributed by atoms with E-state index in [9.17, 15) is 34.5 Å². The molecule has 0 aromatic heterocycles. The summed E-state index contributed by atoms with van der Waals surface area (Å²) in [6, 6.07) is 0. The fraction of sp³-hybridized carbons (Fsp3) is 0.831. The van der Waals surface area contributed by atoms with Crippen molar-refractivity contribution in [3.8, 4) is 0 Å². The molecule has 1 heterocycles. The largest absolute Gasteiger partial charge is 0.479 e. The fourth-order valence-electron chi connectivity index (χ4n) is 10.5. The second kappa shape index (κ2) is 59.0. The van der Waals surface area contributed by atoms with Gasteiger partial charge in [-0.25, -0.2) is 4.79 Å². The molecule has 482 valence electrons. The van der Waals surface area contributed by atoms with E-state index in [0.29, 0.717) is 19.3 Å². The lowest BCUT2D eigenvalue weighted by molar-refractivity contribution is -0.301. The van der Waals surface area contributed by atoms with Gasteiger partial charge in [0.2, 0.25) is 0 Å². The van der Waals surface area contributed by atoms with Gasteiger partial charge in [0.25, 0.3) is 0 Å². The number of aliphatic hydroxyl groups is 2. The predicted octanol–water partition coefficient (Wildman–Crippen LogP) is 18.9. The molecule has 3 N–H and O–H groups in total. The van der Waals surface area contributed by atoms with Gasteiger partial charge in [0.15, 0.2) is 24.6 Å². The highest BCUT2D eigenvalue weighted by molar-refractivity contribution is 5.74. The number of allylic oxidation sites excluding steroid dienone is 8. The number of hydrogen-bond acceptors (Lipinski definition) is 11. The van der Waals surface area contributed by atoms with Crippen molar-refractivity contribution >= 4 is 23.9 Å². The zero-order valence-electron chi connectivity index (χ0n) is 53.5. The van der Waals surface area contributed by atoms with Crippen LogP contribution in [0.15, 0.2) is 48.6 Å². The van der Waals surface area contributed by atoms with E-state index < -0.39 is 67.3 Å². The monoisotopic (exact) mass is 1170 g/mol. The van der Waals surface area contributed by atoms with Crippen LogP contribution in [-0.2, 0) is 42.9 Å². The minimum absolute atomic E-state index is 0.0536. The standard InChI is InChI=1S/C71H126O12/c1-4-7-10-13-16-19-22-25-28-31-32-35-36-39-42-45-48-51-54-57-63(72)79-60-62(81-64(73)58-55-52-49-46-43-40-37-33-29-26-23-20-17-14-11-8-5-2)61-80-71-69(67(76)66(75)68(83-71)70(77)78)82-65(74)59-56-53-50-47-44-41-38-34-30-27-24-21-18-15-12-9-6-3/h16,18-19,21,25,27-28,30,62,66-69,71,75-76H,4-15,17,20,22-24,26,29,31-61H2,1-3H3,(H,77,78)/b19-16-,21-18-,28-25-,30-27-. The van der Waals surface area contributed by atoms with E-state index in [4.69, 9.17) is 23.7 Å². The molecule has 0 amide bonds. The third kappa shape index (κ3) is 48.5. The van der Waals surface area contributed by atoms with Crippen molar-refractivity contribution in [2.75, 3.05) is 13.2 Å². The highest BCUT2D eigenvalue weighted by atomic mass is 16.7. The number of rotatable bonds is 60. The molecule has 1 saturated heterocycles. The van der Waals surface area contributed by atoms with Crippen molar-refractivity contribution in [1.82, 2.24) is 0 Å². The number of unbranched alkanes of at least 4 members (excludes halogenated alkanes) is 38. The number of carboxylic acids is 1. The average Bonchev–Trinajstić information content (AvgIpc) is 3.59. The molecule has 1 fully saturated rings. The molecule has 12 nitrogen and oxygen atoms in total. The summed E-state index contributed by atoms with van der Waals surface area (Å²) in [7, 11) is 0. The van der Waals surface area contributed by atoms with Gasteiger partial charge in [-0.3, -0.25) is 14.4 Å². The van der Waals surface area contributed by atoms with Crippen molar-refractivity contribution in [3.05, 3.63) is 48.6 Å². The van der Waals surface area contributed by atoms with Crippen LogP contribution in [0.3, 0.4) is 0 Å². The van der Waals surface area contributed by atoms with Crippen molar-refractivity contribution in [1.29, 1.82) is 0 Å². The summed E-state index contributed by atoms with van der Waals surface area (Å²) in [6.07, 6.45) is 60.6.